The molecule has 0 saturated carbocycles. The first kappa shape index (κ1) is 22.2. The number of nitrogens with zero attached hydrogens (tertiary/aromatic N) is 3. The minimum atomic E-state index is -4.04. The van der Waals surface area contributed by atoms with Crippen molar-refractivity contribution in [3.05, 3.63) is 71.8 Å². The number of rotatable bonds is 6. The molecular weight excluding hydrogens is 452 g/mol. The van der Waals surface area contributed by atoms with Crippen LogP contribution >= 0.6 is 11.6 Å². The third-order valence-corrected chi connectivity index (χ3v) is 7.36. The summed E-state index contributed by atoms with van der Waals surface area (Å²) in [5, 5.41) is 0.0303. The van der Waals surface area contributed by atoms with Crippen molar-refractivity contribution in [3.63, 3.8) is 0 Å². The fourth-order valence-corrected chi connectivity index (χ4v) is 5.40. The average Bonchev–Trinajstić information content (AvgIpc) is 3.34. The number of benzene rings is 2. The Balaban J connectivity index is 1.53. The zero-order valence-electron chi connectivity index (χ0n) is 17.4. The first-order valence-corrected chi connectivity index (χ1v) is 12.0. The minimum absolute atomic E-state index is 0.0303. The zero-order chi connectivity index (χ0) is 22.7. The number of hydrogen-bond acceptors (Lipinski definition) is 5. The number of carbonyl (C=O) groups is 1. The normalized spacial score (nSPS) is 14.9. The molecule has 32 heavy (non-hydrogen) atoms. The van der Waals surface area contributed by atoms with E-state index in [1.165, 1.54) is 19.2 Å². The van der Waals surface area contributed by atoms with Crippen LogP contribution in [0.2, 0.25) is 5.02 Å². The van der Waals surface area contributed by atoms with Gasteiger partial charge in [0.15, 0.2) is 0 Å². The number of imidazole rings is 1. The molecule has 0 bridgehead atoms. The number of halogens is 1. The third kappa shape index (κ3) is 4.58. The highest BCUT2D eigenvalue weighted by Gasteiger charge is 2.27. The van der Waals surface area contributed by atoms with Crippen molar-refractivity contribution in [2.24, 2.45) is 0 Å². The first-order chi connectivity index (χ1) is 15.4. The number of hydrogen-bond donors (Lipinski definition) is 1. The highest BCUT2D eigenvalue weighted by molar-refractivity contribution is 7.92. The maximum atomic E-state index is 13.1. The number of nitrogens with one attached hydrogen (secondary N) is 1. The van der Waals surface area contributed by atoms with Crippen molar-refractivity contribution in [1.82, 2.24) is 14.5 Å². The molecule has 1 N–H and O–H groups in total. The Morgan fingerprint density at radius 1 is 1.19 bits per heavy atom. The number of carbonyl (C=O) groups excluding carboxylic acids is 1. The molecular formula is C22H23ClN4O4S. The summed E-state index contributed by atoms with van der Waals surface area (Å²) in [7, 11) is -2.59. The van der Waals surface area contributed by atoms with E-state index >= 15 is 0 Å². The maximum Gasteiger partial charge on any atom is 0.263 e. The van der Waals surface area contributed by atoms with E-state index in [1.807, 2.05) is 6.20 Å². The van der Waals surface area contributed by atoms with Gasteiger partial charge in [-0.1, -0.05) is 23.7 Å². The molecule has 1 fully saturated rings. The minimum Gasteiger partial charge on any atom is -0.495 e. The summed E-state index contributed by atoms with van der Waals surface area (Å²) >= 11 is 6.20. The van der Waals surface area contributed by atoms with Crippen LogP contribution in [0.4, 0.5) is 5.69 Å². The van der Waals surface area contributed by atoms with E-state index in [0.29, 0.717) is 24.9 Å². The number of piperidine rings is 1. The quantitative estimate of drug-likeness (QED) is 0.586. The lowest BCUT2D eigenvalue weighted by molar-refractivity contribution is 0.0694. The standard InChI is InChI=1S/C22H23ClN4O4S/c1-31-20-5-3-2-4-19(20)25-32(29,30)21-14-16(6-7-18(21)23)22(28)26-11-8-17(9-12-26)27-13-10-24-15-27/h2-7,10,13-15,17,25H,8-9,11-12H2,1H3. The number of amides is 1. The Hall–Kier alpha value is -3.04. The zero-order valence-corrected chi connectivity index (χ0v) is 19.0. The van der Waals surface area contributed by atoms with Crippen LogP contribution in [0.1, 0.15) is 29.2 Å². The monoisotopic (exact) mass is 474 g/mol. The Kier molecular flexibility index (Phi) is 6.38. The van der Waals surface area contributed by atoms with Crippen LogP contribution in [0.3, 0.4) is 0 Å². The Morgan fingerprint density at radius 3 is 2.62 bits per heavy atom. The predicted octanol–water partition coefficient (Wildman–Crippen LogP) is 3.82. The average molecular weight is 475 g/mol. The molecule has 0 radical (unpaired) electrons. The topological polar surface area (TPSA) is 93.5 Å². The molecule has 2 aromatic carbocycles. The first-order valence-electron chi connectivity index (χ1n) is 10.1. The van der Waals surface area contributed by atoms with Gasteiger partial charge in [-0.2, -0.15) is 0 Å². The fourth-order valence-electron chi connectivity index (χ4n) is 3.81. The predicted molar refractivity (Wildman–Crippen MR) is 122 cm³/mol. The summed E-state index contributed by atoms with van der Waals surface area (Å²) in [6.45, 7) is 1.15. The lowest BCUT2D eigenvalue weighted by Crippen LogP contribution is -2.39. The van der Waals surface area contributed by atoms with Crippen LogP contribution in [0.5, 0.6) is 5.75 Å². The summed E-state index contributed by atoms with van der Waals surface area (Å²) in [5.74, 6) is 0.152. The summed E-state index contributed by atoms with van der Waals surface area (Å²) in [5.41, 5.74) is 0.556. The van der Waals surface area contributed by atoms with E-state index in [9.17, 15) is 13.2 Å². The second-order valence-electron chi connectivity index (χ2n) is 7.48. The number of methoxy groups -OCH3 is 1. The summed E-state index contributed by atoms with van der Waals surface area (Å²) in [6.07, 6.45) is 7.05. The molecule has 1 amide bonds. The smallest absolute Gasteiger partial charge is 0.263 e. The second-order valence-corrected chi connectivity index (χ2v) is 9.54. The van der Waals surface area contributed by atoms with Crippen molar-refractivity contribution in [1.29, 1.82) is 0 Å². The van der Waals surface area contributed by atoms with Gasteiger partial charge in [0.05, 0.1) is 24.1 Å². The van der Waals surface area contributed by atoms with Gasteiger partial charge in [-0.15, -0.1) is 0 Å². The number of ether oxygens (including phenoxy) is 1. The molecule has 1 aliphatic rings. The van der Waals surface area contributed by atoms with E-state index in [0.717, 1.165) is 12.8 Å². The molecule has 10 heteroatoms. The third-order valence-electron chi connectivity index (χ3n) is 5.52. The highest BCUT2D eigenvalue weighted by Crippen LogP contribution is 2.30. The number of para-hydroxylation sites is 2. The Labute approximate surface area is 191 Å². The van der Waals surface area contributed by atoms with Crippen molar-refractivity contribution in [2.45, 2.75) is 23.8 Å². The van der Waals surface area contributed by atoms with Crippen LogP contribution in [-0.2, 0) is 10.0 Å². The van der Waals surface area contributed by atoms with Crippen molar-refractivity contribution in [3.8, 4) is 5.75 Å². The maximum absolute atomic E-state index is 13.1. The van der Waals surface area contributed by atoms with E-state index in [2.05, 4.69) is 14.3 Å². The number of likely N-dealkylation sites (tertiary alicyclic amines) is 1. The van der Waals surface area contributed by atoms with Gasteiger partial charge in [-0.3, -0.25) is 9.52 Å². The summed E-state index contributed by atoms with van der Waals surface area (Å²) in [4.78, 5) is 18.7. The van der Waals surface area contributed by atoms with Gasteiger partial charge in [-0.25, -0.2) is 13.4 Å². The summed E-state index contributed by atoms with van der Waals surface area (Å²) < 4.78 is 35.8. The van der Waals surface area contributed by atoms with Crippen LogP contribution in [-0.4, -0.2) is 49.0 Å². The van der Waals surface area contributed by atoms with Gasteiger partial charge in [0.25, 0.3) is 15.9 Å². The van der Waals surface area contributed by atoms with Gasteiger partial charge in [0.1, 0.15) is 10.6 Å². The molecule has 1 saturated heterocycles. The SMILES string of the molecule is COc1ccccc1NS(=O)(=O)c1cc(C(=O)N2CCC(n3ccnc3)CC2)ccc1Cl. The Bertz CT molecular complexity index is 1210. The summed E-state index contributed by atoms with van der Waals surface area (Å²) in [6, 6.07) is 11.3. The highest BCUT2D eigenvalue weighted by atomic mass is 35.5. The van der Waals surface area contributed by atoms with Crippen molar-refractivity contribution < 1.29 is 17.9 Å². The number of aromatic nitrogens is 2. The molecule has 168 valence electrons. The van der Waals surface area contributed by atoms with Gasteiger partial charge in [0.2, 0.25) is 0 Å². The van der Waals surface area contributed by atoms with E-state index in [1.54, 1.807) is 47.8 Å². The number of anilines is 1. The molecule has 0 aliphatic carbocycles. The fraction of sp³-hybridized carbons (Fsp3) is 0.273. The molecule has 2 heterocycles. The number of sulfonamides is 1. The molecule has 0 unspecified atom stereocenters. The molecule has 1 aromatic heterocycles. The van der Waals surface area contributed by atoms with E-state index < -0.39 is 10.0 Å². The largest absolute Gasteiger partial charge is 0.495 e. The van der Waals surface area contributed by atoms with Gasteiger partial charge in [0, 0.05) is 37.1 Å². The molecule has 8 nitrogen and oxygen atoms in total. The molecule has 0 spiro atoms. The molecule has 0 atom stereocenters. The Morgan fingerprint density at radius 2 is 1.94 bits per heavy atom. The second kappa shape index (κ2) is 9.22. The molecule has 1 aliphatic heterocycles. The van der Waals surface area contributed by atoms with E-state index in [4.69, 9.17) is 16.3 Å². The van der Waals surface area contributed by atoms with Crippen LogP contribution in [0.25, 0.3) is 0 Å². The molecule has 4 rings (SSSR count). The lowest BCUT2D eigenvalue weighted by atomic mass is 10.0. The van der Waals surface area contributed by atoms with Crippen molar-refractivity contribution >= 4 is 33.2 Å². The van der Waals surface area contributed by atoms with Crippen molar-refractivity contribution in [2.75, 3.05) is 24.9 Å². The van der Waals surface area contributed by atoms with Gasteiger partial charge < -0.3 is 14.2 Å². The van der Waals surface area contributed by atoms with Gasteiger partial charge >= 0.3 is 0 Å². The van der Waals surface area contributed by atoms with Gasteiger partial charge in [-0.05, 0) is 43.2 Å². The van der Waals surface area contributed by atoms with E-state index in [-0.39, 0.29) is 27.1 Å². The van der Waals surface area contributed by atoms with Crippen LogP contribution in [0.15, 0.2) is 66.1 Å². The molecule has 3 aromatic rings. The lowest BCUT2D eigenvalue weighted by Gasteiger charge is -2.32. The van der Waals surface area contributed by atoms with Crippen LogP contribution in [0, 0.1) is 0 Å². The van der Waals surface area contributed by atoms with Crippen LogP contribution < -0.4 is 9.46 Å².